The molecule has 0 radical (unpaired) electrons. The summed E-state index contributed by atoms with van der Waals surface area (Å²) in [5.74, 6) is 0.476. The second-order valence-corrected chi connectivity index (χ2v) is 3.91. The van der Waals surface area contributed by atoms with E-state index in [4.69, 9.17) is 5.73 Å². The Morgan fingerprint density at radius 3 is 3.00 bits per heavy atom. The van der Waals surface area contributed by atoms with E-state index in [0.29, 0.717) is 5.95 Å². The molecule has 0 unspecified atom stereocenters. The Morgan fingerprint density at radius 2 is 2.23 bits per heavy atom. The van der Waals surface area contributed by atoms with E-state index >= 15 is 0 Å². The van der Waals surface area contributed by atoms with Crippen molar-refractivity contribution in [3.63, 3.8) is 0 Å². The molecule has 0 amide bonds. The van der Waals surface area contributed by atoms with Gasteiger partial charge in [0.05, 0.1) is 10.7 Å². The molecule has 3 nitrogen and oxygen atoms in total. The van der Waals surface area contributed by atoms with E-state index in [2.05, 4.69) is 36.0 Å². The van der Waals surface area contributed by atoms with Crippen LogP contribution < -0.4 is 16.4 Å². The van der Waals surface area contributed by atoms with Gasteiger partial charge in [-0.05, 0) is 12.2 Å². The molecular formula is C10H13N3. The van der Waals surface area contributed by atoms with Crippen LogP contribution in [0.5, 0.6) is 0 Å². The van der Waals surface area contributed by atoms with Gasteiger partial charge in [0.2, 0.25) is 0 Å². The Morgan fingerprint density at radius 1 is 1.46 bits per heavy atom. The Labute approximate surface area is 76.7 Å². The summed E-state index contributed by atoms with van der Waals surface area (Å²) in [6, 6.07) is 0. The van der Waals surface area contributed by atoms with Crippen LogP contribution in [0.15, 0.2) is 12.2 Å². The van der Waals surface area contributed by atoms with E-state index in [1.807, 2.05) is 12.2 Å². The van der Waals surface area contributed by atoms with Crippen molar-refractivity contribution < 1.29 is 0 Å². The van der Waals surface area contributed by atoms with Crippen molar-refractivity contribution in [1.29, 1.82) is 0 Å². The lowest BCUT2D eigenvalue weighted by atomic mass is 9.93. The van der Waals surface area contributed by atoms with Gasteiger partial charge >= 0.3 is 0 Å². The molecule has 0 spiro atoms. The van der Waals surface area contributed by atoms with Crippen LogP contribution in [0, 0.1) is 5.41 Å². The van der Waals surface area contributed by atoms with E-state index in [-0.39, 0.29) is 5.41 Å². The maximum atomic E-state index is 5.57. The van der Waals surface area contributed by atoms with Gasteiger partial charge in [-0.2, -0.15) is 0 Å². The van der Waals surface area contributed by atoms with Crippen LogP contribution in [-0.4, -0.2) is 9.97 Å². The average Bonchev–Trinajstić information content (AvgIpc) is 2.23. The molecule has 3 N–H and O–H groups in total. The van der Waals surface area contributed by atoms with Crippen LogP contribution in [0.25, 0.3) is 12.2 Å². The number of fused-ring (bicyclic) bond motifs is 1. The molecule has 0 aliphatic heterocycles. The van der Waals surface area contributed by atoms with Gasteiger partial charge in [0.25, 0.3) is 0 Å². The zero-order valence-corrected chi connectivity index (χ0v) is 7.83. The summed E-state index contributed by atoms with van der Waals surface area (Å²) < 4.78 is 0. The Kier molecular flexibility index (Phi) is 1.55. The lowest BCUT2D eigenvalue weighted by molar-refractivity contribution is 0.669. The fraction of sp³-hybridized carbons (Fsp3) is 0.300. The predicted octanol–water partition coefficient (Wildman–Crippen LogP) is 0.149. The summed E-state index contributed by atoms with van der Waals surface area (Å²) in [7, 11) is 0. The van der Waals surface area contributed by atoms with E-state index in [1.54, 1.807) is 0 Å². The van der Waals surface area contributed by atoms with Gasteiger partial charge in [-0.25, -0.2) is 4.98 Å². The highest BCUT2D eigenvalue weighted by Gasteiger charge is 2.11. The van der Waals surface area contributed by atoms with Crippen molar-refractivity contribution in [3.05, 3.63) is 22.9 Å². The Balaban J connectivity index is 2.76. The van der Waals surface area contributed by atoms with Crippen molar-refractivity contribution in [2.45, 2.75) is 13.8 Å². The molecule has 0 aromatic carbocycles. The summed E-state index contributed by atoms with van der Waals surface area (Å²) in [5.41, 5.74) is 5.62. The number of nitrogens with zero attached hydrogens (tertiary/aromatic N) is 1. The lowest BCUT2D eigenvalue weighted by Crippen LogP contribution is -2.25. The number of anilines is 1. The van der Waals surface area contributed by atoms with Gasteiger partial charge in [0, 0.05) is 5.41 Å². The van der Waals surface area contributed by atoms with E-state index in [0.717, 1.165) is 10.7 Å². The molecule has 1 aromatic heterocycles. The number of nitrogen functional groups attached to an aromatic ring is 1. The molecule has 0 atom stereocenters. The quantitative estimate of drug-likeness (QED) is 0.589. The van der Waals surface area contributed by atoms with Crippen molar-refractivity contribution in [1.82, 2.24) is 9.97 Å². The number of nitrogens with two attached hydrogens (primary N) is 1. The first kappa shape index (κ1) is 8.10. The number of aromatic amines is 1. The number of nitrogens with one attached hydrogen (secondary N) is 1. The smallest absolute Gasteiger partial charge is 0.198 e. The highest BCUT2D eigenvalue weighted by Crippen LogP contribution is 2.19. The van der Waals surface area contributed by atoms with Gasteiger partial charge in [-0.15, -0.1) is 0 Å². The zero-order chi connectivity index (χ0) is 9.47. The minimum Gasteiger partial charge on any atom is -0.369 e. The van der Waals surface area contributed by atoms with Crippen LogP contribution >= 0.6 is 0 Å². The summed E-state index contributed by atoms with van der Waals surface area (Å²) in [5, 5.41) is 1.92. The monoisotopic (exact) mass is 175 g/mol. The fourth-order valence-electron chi connectivity index (χ4n) is 1.46. The first-order valence-electron chi connectivity index (χ1n) is 4.31. The zero-order valence-electron chi connectivity index (χ0n) is 7.83. The van der Waals surface area contributed by atoms with Crippen molar-refractivity contribution in [3.8, 4) is 0 Å². The highest BCUT2D eigenvalue weighted by atomic mass is 15.0. The summed E-state index contributed by atoms with van der Waals surface area (Å²) in [4.78, 5) is 7.19. The van der Waals surface area contributed by atoms with Crippen LogP contribution in [0.3, 0.4) is 0 Å². The van der Waals surface area contributed by atoms with Gasteiger partial charge in [0.1, 0.15) is 0 Å². The molecule has 0 fully saturated rings. The van der Waals surface area contributed by atoms with Gasteiger partial charge in [0.15, 0.2) is 5.95 Å². The molecule has 2 rings (SSSR count). The Bertz CT molecular complexity index is 463. The second kappa shape index (κ2) is 2.49. The predicted molar refractivity (Wildman–Crippen MR) is 54.1 cm³/mol. The normalized spacial score (nSPS) is 18.3. The molecule has 1 heterocycles. The van der Waals surface area contributed by atoms with Crippen LogP contribution in [0.4, 0.5) is 5.95 Å². The first-order valence-corrected chi connectivity index (χ1v) is 4.31. The standard InChI is InChI=1S/C10H13N3/c1-10(2)5-3-4-7-8(6-10)13-9(11)12-7/h3-6H,1-2H3,(H3,11,12,13). The molecule has 1 aliphatic rings. The SMILES string of the molecule is CC1(C)C=CC=c2nc(N)[nH]c2=C1. The highest BCUT2D eigenvalue weighted by molar-refractivity contribution is 5.46. The molecule has 0 saturated heterocycles. The van der Waals surface area contributed by atoms with Gasteiger partial charge in [-0.3, -0.25) is 0 Å². The van der Waals surface area contributed by atoms with E-state index in [9.17, 15) is 0 Å². The number of hydrogen-bond acceptors (Lipinski definition) is 2. The third-order valence-corrected chi connectivity index (χ3v) is 2.08. The molecule has 0 bridgehead atoms. The summed E-state index contributed by atoms with van der Waals surface area (Å²) in [6.07, 6.45) is 8.25. The van der Waals surface area contributed by atoms with E-state index < -0.39 is 0 Å². The minimum absolute atomic E-state index is 0.0563. The maximum Gasteiger partial charge on any atom is 0.198 e. The number of hydrogen-bond donors (Lipinski definition) is 2. The summed E-state index contributed by atoms with van der Waals surface area (Å²) >= 11 is 0. The molecule has 0 saturated carbocycles. The van der Waals surface area contributed by atoms with Crippen LogP contribution in [0.2, 0.25) is 0 Å². The third kappa shape index (κ3) is 1.49. The van der Waals surface area contributed by atoms with Crippen LogP contribution in [-0.2, 0) is 0 Å². The average molecular weight is 175 g/mol. The lowest BCUT2D eigenvalue weighted by Gasteiger charge is -2.12. The number of rotatable bonds is 0. The van der Waals surface area contributed by atoms with Crippen molar-refractivity contribution in [2.24, 2.45) is 5.41 Å². The number of H-pyrrole nitrogens is 1. The van der Waals surface area contributed by atoms with E-state index in [1.165, 1.54) is 0 Å². The maximum absolute atomic E-state index is 5.57. The first-order chi connectivity index (χ1) is 6.07. The molecule has 3 heteroatoms. The number of aromatic nitrogens is 2. The third-order valence-electron chi connectivity index (χ3n) is 2.08. The van der Waals surface area contributed by atoms with Crippen LogP contribution in [0.1, 0.15) is 13.8 Å². The summed E-state index contributed by atoms with van der Waals surface area (Å²) in [6.45, 7) is 4.28. The topological polar surface area (TPSA) is 54.7 Å². The molecule has 1 aliphatic carbocycles. The molecule has 1 aromatic rings. The van der Waals surface area contributed by atoms with Gasteiger partial charge in [-0.1, -0.05) is 26.0 Å². The van der Waals surface area contributed by atoms with Crippen molar-refractivity contribution in [2.75, 3.05) is 5.73 Å². The minimum atomic E-state index is 0.0563. The number of imidazole rings is 1. The van der Waals surface area contributed by atoms with Gasteiger partial charge < -0.3 is 10.7 Å². The molecule has 13 heavy (non-hydrogen) atoms. The number of allylic oxidation sites excluding steroid dienone is 2. The molecular weight excluding hydrogens is 162 g/mol. The Hall–Kier alpha value is -1.51. The fourth-order valence-corrected chi connectivity index (χ4v) is 1.46. The van der Waals surface area contributed by atoms with Crippen molar-refractivity contribution >= 4 is 18.1 Å². The largest absolute Gasteiger partial charge is 0.369 e. The second-order valence-electron chi connectivity index (χ2n) is 3.91. The molecule has 68 valence electrons.